The Morgan fingerprint density at radius 1 is 1.04 bits per heavy atom. The number of rotatable bonds is 4. The van der Waals surface area contributed by atoms with E-state index in [-0.39, 0.29) is 16.1 Å². The fourth-order valence-electron chi connectivity index (χ4n) is 2.17. The summed E-state index contributed by atoms with van der Waals surface area (Å²) in [5, 5.41) is 0. The molecule has 0 aliphatic carbocycles. The van der Waals surface area contributed by atoms with Crippen LogP contribution in [0.3, 0.4) is 0 Å². The van der Waals surface area contributed by atoms with Gasteiger partial charge in [-0.1, -0.05) is 12.1 Å². The van der Waals surface area contributed by atoms with Crippen molar-refractivity contribution in [3.05, 3.63) is 58.5 Å². The van der Waals surface area contributed by atoms with Gasteiger partial charge in [0.05, 0.1) is 27.2 Å². The average Bonchev–Trinajstić information content (AvgIpc) is 2.86. The third kappa shape index (κ3) is 2.81. The molecule has 3 rings (SSSR count). The first-order valence-corrected chi connectivity index (χ1v) is 7.99. The van der Waals surface area contributed by atoms with Gasteiger partial charge in [-0.3, -0.25) is 9.52 Å². The number of aromatic amines is 2. The number of H-pyrrole nitrogens is 2. The van der Waals surface area contributed by atoms with Gasteiger partial charge in [0.25, 0.3) is 15.9 Å². The van der Waals surface area contributed by atoms with Crippen LogP contribution in [0.4, 0.5) is 5.69 Å². The van der Waals surface area contributed by atoms with Gasteiger partial charge in [-0.2, -0.15) is 0 Å². The largest absolute Gasteiger partial charge is 0.366 e. The average molecular weight is 332 g/mol. The molecule has 23 heavy (non-hydrogen) atoms. The van der Waals surface area contributed by atoms with Crippen LogP contribution in [0.25, 0.3) is 11.0 Å². The normalized spacial score (nSPS) is 11.5. The van der Waals surface area contributed by atoms with Crippen molar-refractivity contribution in [3.63, 3.8) is 0 Å². The number of benzene rings is 2. The molecular formula is C14H12N4O4S. The van der Waals surface area contributed by atoms with E-state index in [1.807, 2.05) is 0 Å². The molecule has 0 saturated heterocycles. The number of nitrogens with two attached hydrogens (primary N) is 1. The van der Waals surface area contributed by atoms with Gasteiger partial charge >= 0.3 is 5.69 Å². The van der Waals surface area contributed by atoms with Crippen molar-refractivity contribution < 1.29 is 13.2 Å². The van der Waals surface area contributed by atoms with E-state index >= 15 is 0 Å². The zero-order valence-corrected chi connectivity index (χ0v) is 12.5. The summed E-state index contributed by atoms with van der Waals surface area (Å²) in [7, 11) is -3.95. The maximum atomic E-state index is 12.5. The highest BCUT2D eigenvalue weighted by Crippen LogP contribution is 2.21. The highest BCUT2D eigenvalue weighted by molar-refractivity contribution is 7.92. The summed E-state index contributed by atoms with van der Waals surface area (Å²) >= 11 is 0. The third-order valence-electron chi connectivity index (χ3n) is 3.23. The Bertz CT molecular complexity index is 1070. The Kier molecular flexibility index (Phi) is 3.41. The monoisotopic (exact) mass is 332 g/mol. The van der Waals surface area contributed by atoms with Crippen LogP contribution in [0.5, 0.6) is 0 Å². The van der Waals surface area contributed by atoms with Crippen molar-refractivity contribution in [2.75, 3.05) is 4.72 Å². The topological polar surface area (TPSA) is 138 Å². The molecule has 0 saturated carbocycles. The molecule has 0 spiro atoms. The smallest absolute Gasteiger partial charge is 0.323 e. The molecule has 8 nitrogen and oxygen atoms in total. The van der Waals surface area contributed by atoms with Gasteiger partial charge in [-0.15, -0.1) is 0 Å². The lowest BCUT2D eigenvalue weighted by Crippen LogP contribution is -2.18. The molecule has 9 heteroatoms. The number of fused-ring (bicyclic) bond motifs is 1. The predicted octanol–water partition coefficient (Wildman–Crippen LogP) is 0.756. The summed E-state index contributed by atoms with van der Waals surface area (Å²) < 4.78 is 27.2. The van der Waals surface area contributed by atoms with E-state index in [9.17, 15) is 18.0 Å². The molecule has 0 fully saturated rings. The third-order valence-corrected chi connectivity index (χ3v) is 4.60. The lowest BCUT2D eigenvalue weighted by Gasteiger charge is -2.10. The lowest BCUT2D eigenvalue weighted by molar-refractivity contribution is 0.100. The molecular weight excluding hydrogens is 320 g/mol. The Labute approximate surface area is 130 Å². The number of nitrogens with one attached hydrogen (secondary N) is 3. The molecule has 118 valence electrons. The number of hydrogen-bond donors (Lipinski definition) is 4. The van der Waals surface area contributed by atoms with E-state index in [0.717, 1.165) is 0 Å². The van der Waals surface area contributed by atoms with Crippen LogP contribution in [0.2, 0.25) is 0 Å². The molecule has 1 heterocycles. The first kappa shape index (κ1) is 14.9. The first-order chi connectivity index (χ1) is 10.9. The summed E-state index contributed by atoms with van der Waals surface area (Å²) in [5.74, 6) is -0.742. The SMILES string of the molecule is NC(=O)c1ccccc1NS(=O)(=O)c1ccc2[nH]c(=O)[nH]c2c1. The zero-order chi connectivity index (χ0) is 16.6. The number of imidazole rings is 1. The van der Waals surface area contributed by atoms with Crippen molar-refractivity contribution in [2.24, 2.45) is 5.73 Å². The Morgan fingerprint density at radius 2 is 1.74 bits per heavy atom. The van der Waals surface area contributed by atoms with E-state index in [2.05, 4.69) is 14.7 Å². The summed E-state index contributed by atoms with van der Waals surface area (Å²) in [6.07, 6.45) is 0. The van der Waals surface area contributed by atoms with Crippen molar-refractivity contribution in [1.29, 1.82) is 0 Å². The summed E-state index contributed by atoms with van der Waals surface area (Å²) in [6.45, 7) is 0. The minimum Gasteiger partial charge on any atom is -0.366 e. The molecule has 1 amide bonds. The van der Waals surface area contributed by atoms with E-state index in [1.165, 1.54) is 30.3 Å². The van der Waals surface area contributed by atoms with Crippen molar-refractivity contribution in [3.8, 4) is 0 Å². The van der Waals surface area contributed by atoms with Crippen LogP contribution in [-0.2, 0) is 10.0 Å². The fraction of sp³-hybridized carbons (Fsp3) is 0. The summed E-state index contributed by atoms with van der Waals surface area (Å²) in [6, 6.07) is 10.2. The maximum absolute atomic E-state index is 12.5. The summed E-state index contributed by atoms with van der Waals surface area (Å²) in [4.78, 5) is 27.6. The van der Waals surface area contributed by atoms with Crippen LogP contribution in [0, 0.1) is 0 Å². The molecule has 3 aromatic rings. The van der Waals surface area contributed by atoms with Gasteiger partial charge in [-0.05, 0) is 30.3 Å². The van der Waals surface area contributed by atoms with Crippen molar-refractivity contribution in [2.45, 2.75) is 4.90 Å². The van der Waals surface area contributed by atoms with Crippen LogP contribution >= 0.6 is 0 Å². The number of primary amides is 1. The van der Waals surface area contributed by atoms with Crippen LogP contribution < -0.4 is 16.1 Å². The minimum atomic E-state index is -3.95. The number of sulfonamides is 1. The molecule has 0 radical (unpaired) electrons. The number of para-hydroxylation sites is 1. The second-order valence-corrected chi connectivity index (χ2v) is 6.48. The number of carbonyl (C=O) groups is 1. The molecule has 2 aromatic carbocycles. The van der Waals surface area contributed by atoms with Gasteiger partial charge in [0.15, 0.2) is 0 Å². The van der Waals surface area contributed by atoms with Crippen LogP contribution in [0.1, 0.15) is 10.4 Å². The predicted molar refractivity (Wildman–Crippen MR) is 84.7 cm³/mol. The van der Waals surface area contributed by atoms with Gasteiger partial charge in [-0.25, -0.2) is 13.2 Å². The Balaban J connectivity index is 2.04. The number of hydrogen-bond acceptors (Lipinski definition) is 4. The molecule has 1 aromatic heterocycles. The minimum absolute atomic E-state index is 0.0560. The second-order valence-electron chi connectivity index (χ2n) is 4.80. The molecule has 0 aliphatic rings. The molecule has 0 atom stereocenters. The van der Waals surface area contributed by atoms with Gasteiger partial charge in [0, 0.05) is 0 Å². The van der Waals surface area contributed by atoms with Gasteiger partial charge in [0.1, 0.15) is 0 Å². The summed E-state index contributed by atoms with van der Waals surface area (Å²) in [5.41, 5.74) is 5.80. The van der Waals surface area contributed by atoms with Crippen molar-refractivity contribution >= 4 is 32.7 Å². The quantitative estimate of drug-likeness (QED) is 0.560. The maximum Gasteiger partial charge on any atom is 0.323 e. The number of carbonyl (C=O) groups excluding carboxylic acids is 1. The van der Waals surface area contributed by atoms with Gasteiger partial charge < -0.3 is 15.7 Å². The number of aromatic nitrogens is 2. The van der Waals surface area contributed by atoms with E-state index in [4.69, 9.17) is 5.73 Å². The highest BCUT2D eigenvalue weighted by Gasteiger charge is 2.18. The van der Waals surface area contributed by atoms with Crippen LogP contribution in [-0.4, -0.2) is 24.3 Å². The zero-order valence-electron chi connectivity index (χ0n) is 11.7. The van der Waals surface area contributed by atoms with Gasteiger partial charge in [0.2, 0.25) is 0 Å². The second kappa shape index (κ2) is 5.29. The highest BCUT2D eigenvalue weighted by atomic mass is 32.2. The molecule has 0 bridgehead atoms. The molecule has 0 unspecified atom stereocenters. The Hall–Kier alpha value is -3.07. The Morgan fingerprint density at radius 3 is 2.48 bits per heavy atom. The van der Waals surface area contributed by atoms with E-state index in [0.29, 0.717) is 11.0 Å². The number of amides is 1. The fourth-order valence-corrected chi connectivity index (χ4v) is 3.28. The van der Waals surface area contributed by atoms with E-state index < -0.39 is 21.6 Å². The standard InChI is InChI=1S/C14H12N4O4S/c15-13(19)9-3-1-2-4-10(9)18-23(21,22)8-5-6-11-12(7-8)17-14(20)16-11/h1-7,18H,(H2,15,19)(H2,16,17,20). The number of anilines is 1. The molecule has 0 aliphatic heterocycles. The molecule has 5 N–H and O–H groups in total. The van der Waals surface area contributed by atoms with Crippen molar-refractivity contribution in [1.82, 2.24) is 9.97 Å². The van der Waals surface area contributed by atoms with Crippen LogP contribution in [0.15, 0.2) is 52.2 Å². The first-order valence-electron chi connectivity index (χ1n) is 6.50. The lowest BCUT2D eigenvalue weighted by atomic mass is 10.2. The van der Waals surface area contributed by atoms with E-state index in [1.54, 1.807) is 12.1 Å².